The Morgan fingerprint density at radius 3 is 2.94 bits per heavy atom. The van der Waals surface area contributed by atoms with Crippen LogP contribution in [0.1, 0.15) is 6.42 Å². The highest BCUT2D eigenvalue weighted by Crippen LogP contribution is 2.29. The zero-order valence-corrected chi connectivity index (χ0v) is 10.5. The number of nitro benzene ring substituents is 1. The molecule has 5 nitrogen and oxygen atoms in total. The number of ketones is 1. The molecule has 1 fully saturated rings. The maximum atomic E-state index is 11.8. The Kier molecular flexibility index (Phi) is 4.33. The topological polar surface area (TPSA) is 69.4 Å². The van der Waals surface area contributed by atoms with Crippen LogP contribution in [0.3, 0.4) is 0 Å². The summed E-state index contributed by atoms with van der Waals surface area (Å²) in [4.78, 5) is 22.8. The summed E-state index contributed by atoms with van der Waals surface area (Å²) in [6.07, 6.45) is 0.760. The highest BCUT2D eigenvalue weighted by atomic mass is 32.2. The van der Waals surface area contributed by atoms with Crippen molar-refractivity contribution in [3.05, 3.63) is 34.4 Å². The molecule has 0 bridgehead atoms. The number of carbonyl (C=O) groups excluding carboxylic acids is 1. The van der Waals surface area contributed by atoms with Gasteiger partial charge in [-0.3, -0.25) is 14.9 Å². The molecular weight excluding hydrogens is 254 g/mol. The molecule has 6 heteroatoms. The molecule has 0 saturated carbocycles. The first-order valence-electron chi connectivity index (χ1n) is 5.65. The minimum atomic E-state index is -0.425. The van der Waals surface area contributed by atoms with E-state index in [-0.39, 0.29) is 23.1 Å². The van der Waals surface area contributed by atoms with Gasteiger partial charge in [0, 0.05) is 18.6 Å². The summed E-state index contributed by atoms with van der Waals surface area (Å²) in [7, 11) is 0. The minimum Gasteiger partial charge on any atom is -0.381 e. The van der Waals surface area contributed by atoms with Crippen LogP contribution in [0.2, 0.25) is 0 Å². The highest BCUT2D eigenvalue weighted by molar-refractivity contribution is 8.00. The third-order valence-corrected chi connectivity index (χ3v) is 3.90. The molecule has 0 radical (unpaired) electrons. The van der Waals surface area contributed by atoms with E-state index in [4.69, 9.17) is 4.74 Å². The predicted octanol–water partition coefficient (Wildman–Crippen LogP) is 2.29. The molecule has 0 aromatic heterocycles. The Hall–Kier alpha value is -1.40. The molecule has 1 aromatic rings. The molecule has 0 N–H and O–H groups in total. The molecule has 1 heterocycles. The zero-order chi connectivity index (χ0) is 13.0. The van der Waals surface area contributed by atoms with Gasteiger partial charge in [0.1, 0.15) is 5.78 Å². The van der Waals surface area contributed by atoms with Crippen LogP contribution in [-0.4, -0.2) is 29.7 Å². The van der Waals surface area contributed by atoms with Gasteiger partial charge < -0.3 is 4.74 Å². The zero-order valence-electron chi connectivity index (χ0n) is 9.70. The lowest BCUT2D eigenvalue weighted by atomic mass is 10.1. The average Bonchev–Trinajstić information content (AvgIpc) is 2.90. The molecule has 96 valence electrons. The first kappa shape index (κ1) is 13.0. The fraction of sp³-hybridized carbons (Fsp3) is 0.417. The summed E-state index contributed by atoms with van der Waals surface area (Å²) in [5.41, 5.74) is 0.0537. The lowest BCUT2D eigenvalue weighted by molar-refractivity contribution is -0.387. The molecule has 1 aliphatic heterocycles. The number of ether oxygens (including phenoxy) is 1. The normalized spacial score (nSPS) is 18.8. The monoisotopic (exact) mass is 267 g/mol. The van der Waals surface area contributed by atoms with Crippen LogP contribution in [-0.2, 0) is 9.53 Å². The standard InChI is InChI=1S/C12H13NO4S/c14-11(9-5-6-17-7-9)8-18-12-4-2-1-3-10(12)13(15)16/h1-4,9H,5-8H2. The lowest BCUT2D eigenvalue weighted by Gasteiger charge is -2.06. The van der Waals surface area contributed by atoms with Gasteiger partial charge in [-0.15, -0.1) is 11.8 Å². The van der Waals surface area contributed by atoms with Crippen molar-refractivity contribution in [2.24, 2.45) is 5.92 Å². The number of hydrogen-bond donors (Lipinski definition) is 0. The van der Waals surface area contributed by atoms with Gasteiger partial charge >= 0.3 is 0 Å². The van der Waals surface area contributed by atoms with Crippen molar-refractivity contribution in [1.82, 2.24) is 0 Å². The summed E-state index contributed by atoms with van der Waals surface area (Å²) in [5.74, 6) is 0.328. The van der Waals surface area contributed by atoms with E-state index in [0.717, 1.165) is 6.42 Å². The predicted molar refractivity (Wildman–Crippen MR) is 67.8 cm³/mol. The fourth-order valence-corrected chi connectivity index (χ4v) is 2.78. The number of benzene rings is 1. The number of thioether (sulfide) groups is 1. The van der Waals surface area contributed by atoms with E-state index < -0.39 is 4.92 Å². The van der Waals surface area contributed by atoms with Crippen LogP contribution in [0, 0.1) is 16.0 Å². The molecule has 1 saturated heterocycles. The Morgan fingerprint density at radius 1 is 1.50 bits per heavy atom. The summed E-state index contributed by atoms with van der Waals surface area (Å²) in [5, 5.41) is 10.8. The molecule has 1 aliphatic rings. The second kappa shape index (κ2) is 5.97. The lowest BCUT2D eigenvalue weighted by Crippen LogP contribution is -2.16. The van der Waals surface area contributed by atoms with E-state index in [1.165, 1.54) is 17.8 Å². The average molecular weight is 267 g/mol. The van der Waals surface area contributed by atoms with Gasteiger partial charge in [-0.25, -0.2) is 0 Å². The van der Waals surface area contributed by atoms with Crippen molar-refractivity contribution in [2.75, 3.05) is 19.0 Å². The largest absolute Gasteiger partial charge is 0.381 e. The second-order valence-electron chi connectivity index (χ2n) is 4.04. The maximum Gasteiger partial charge on any atom is 0.282 e. The van der Waals surface area contributed by atoms with Crippen LogP contribution < -0.4 is 0 Å². The molecule has 2 rings (SSSR count). The summed E-state index contributed by atoms with van der Waals surface area (Å²) < 4.78 is 5.15. The quantitative estimate of drug-likeness (QED) is 0.465. The number of nitro groups is 1. The molecular formula is C12H13NO4S. The van der Waals surface area contributed by atoms with Gasteiger partial charge in [0.15, 0.2) is 0 Å². The van der Waals surface area contributed by atoms with Gasteiger partial charge in [0.25, 0.3) is 5.69 Å². The summed E-state index contributed by atoms with van der Waals surface area (Å²) >= 11 is 1.22. The Labute approximate surface area is 109 Å². The molecule has 1 aromatic carbocycles. The van der Waals surface area contributed by atoms with Gasteiger partial charge in [0.2, 0.25) is 0 Å². The number of nitrogens with zero attached hydrogens (tertiary/aromatic N) is 1. The number of carbonyl (C=O) groups is 1. The Morgan fingerprint density at radius 2 is 2.28 bits per heavy atom. The van der Waals surface area contributed by atoms with Crippen molar-refractivity contribution < 1.29 is 14.5 Å². The highest BCUT2D eigenvalue weighted by Gasteiger charge is 2.24. The smallest absolute Gasteiger partial charge is 0.282 e. The van der Waals surface area contributed by atoms with Crippen molar-refractivity contribution in [2.45, 2.75) is 11.3 Å². The van der Waals surface area contributed by atoms with E-state index in [2.05, 4.69) is 0 Å². The van der Waals surface area contributed by atoms with Crippen LogP contribution in [0.15, 0.2) is 29.2 Å². The molecule has 0 amide bonds. The van der Waals surface area contributed by atoms with E-state index >= 15 is 0 Å². The number of hydrogen-bond acceptors (Lipinski definition) is 5. The van der Waals surface area contributed by atoms with Crippen molar-refractivity contribution in [1.29, 1.82) is 0 Å². The number of Topliss-reactive ketones (excluding diaryl/α,β-unsaturated/α-hetero) is 1. The van der Waals surface area contributed by atoms with Crippen molar-refractivity contribution >= 4 is 23.2 Å². The minimum absolute atomic E-state index is 0.0414. The van der Waals surface area contributed by atoms with E-state index in [1.807, 2.05) is 0 Å². The second-order valence-corrected chi connectivity index (χ2v) is 5.06. The first-order valence-corrected chi connectivity index (χ1v) is 6.63. The Balaban J connectivity index is 1.97. The molecule has 1 unspecified atom stereocenters. The SMILES string of the molecule is O=C(CSc1ccccc1[N+](=O)[O-])C1CCOC1. The van der Waals surface area contributed by atoms with Gasteiger partial charge in [0.05, 0.1) is 22.2 Å². The third kappa shape index (κ3) is 3.08. The van der Waals surface area contributed by atoms with E-state index in [1.54, 1.807) is 18.2 Å². The molecule has 1 atom stereocenters. The molecule has 0 aliphatic carbocycles. The number of rotatable bonds is 5. The van der Waals surface area contributed by atoms with Crippen LogP contribution in [0.5, 0.6) is 0 Å². The van der Waals surface area contributed by atoms with Crippen molar-refractivity contribution in [3.63, 3.8) is 0 Å². The Bertz CT molecular complexity index is 457. The molecule has 18 heavy (non-hydrogen) atoms. The maximum absolute atomic E-state index is 11.8. The van der Waals surface area contributed by atoms with Crippen LogP contribution in [0.25, 0.3) is 0 Å². The van der Waals surface area contributed by atoms with Crippen LogP contribution in [0.4, 0.5) is 5.69 Å². The van der Waals surface area contributed by atoms with Gasteiger partial charge in [-0.2, -0.15) is 0 Å². The van der Waals surface area contributed by atoms with Gasteiger partial charge in [-0.05, 0) is 12.5 Å². The molecule has 0 spiro atoms. The van der Waals surface area contributed by atoms with Crippen molar-refractivity contribution in [3.8, 4) is 0 Å². The summed E-state index contributed by atoms with van der Waals surface area (Å²) in [6.45, 7) is 1.11. The first-order chi connectivity index (χ1) is 8.68. The fourth-order valence-electron chi connectivity index (χ4n) is 1.79. The van der Waals surface area contributed by atoms with Gasteiger partial charge in [-0.1, -0.05) is 12.1 Å². The van der Waals surface area contributed by atoms with E-state index in [0.29, 0.717) is 18.1 Å². The summed E-state index contributed by atoms with van der Waals surface area (Å²) in [6, 6.07) is 6.47. The van der Waals surface area contributed by atoms with Crippen LogP contribution >= 0.6 is 11.8 Å². The third-order valence-electron chi connectivity index (χ3n) is 2.82. The number of para-hydroxylation sites is 1. The van der Waals surface area contributed by atoms with E-state index in [9.17, 15) is 14.9 Å².